The highest BCUT2D eigenvalue weighted by Crippen LogP contribution is 2.78. The number of anilines is 1. The first-order chi connectivity index (χ1) is 12.3. The van der Waals surface area contributed by atoms with Gasteiger partial charge in [0.25, 0.3) is 11.8 Å². The summed E-state index contributed by atoms with van der Waals surface area (Å²) < 4.78 is 39.0. The minimum Gasteiger partial charge on any atom is -0.268 e. The summed E-state index contributed by atoms with van der Waals surface area (Å²) in [5.74, 6) is -0.750. The molecule has 4 aliphatic rings. The SMILES string of the molecule is O=C1c2ccccc2C(=O)N1c1ccc(C23CC(C(F)(F)F)(C2)C3)cc1. The van der Waals surface area contributed by atoms with Gasteiger partial charge in [0.15, 0.2) is 0 Å². The first kappa shape index (κ1) is 15.6. The summed E-state index contributed by atoms with van der Waals surface area (Å²) in [6.45, 7) is 0. The van der Waals surface area contributed by atoms with Crippen molar-refractivity contribution in [2.45, 2.75) is 30.9 Å². The number of hydrogen-bond acceptors (Lipinski definition) is 2. The predicted molar refractivity (Wildman–Crippen MR) is 88.0 cm³/mol. The van der Waals surface area contributed by atoms with Crippen molar-refractivity contribution < 1.29 is 22.8 Å². The first-order valence-electron chi connectivity index (χ1n) is 8.42. The number of fused-ring (bicyclic) bond motifs is 1. The monoisotopic (exact) mass is 357 g/mol. The van der Waals surface area contributed by atoms with E-state index in [0.29, 0.717) is 16.8 Å². The molecule has 0 N–H and O–H groups in total. The summed E-state index contributed by atoms with van der Waals surface area (Å²) in [5.41, 5.74) is 0.145. The highest BCUT2D eigenvalue weighted by Gasteiger charge is 2.78. The van der Waals surface area contributed by atoms with E-state index < -0.39 is 17.0 Å². The van der Waals surface area contributed by atoms with E-state index in [1.807, 2.05) is 0 Å². The molecule has 3 fully saturated rings. The van der Waals surface area contributed by atoms with Crippen LogP contribution in [0.3, 0.4) is 0 Å². The molecule has 0 spiro atoms. The summed E-state index contributed by atoms with van der Waals surface area (Å²) >= 11 is 0. The molecule has 3 nitrogen and oxygen atoms in total. The zero-order valence-corrected chi connectivity index (χ0v) is 13.6. The number of benzene rings is 2. The minimum absolute atomic E-state index is 0.135. The lowest BCUT2D eigenvalue weighted by Gasteiger charge is -2.71. The standard InChI is InChI=1S/C20H14F3NO2/c21-20(22,23)19-9-18(10-19,11-19)12-5-7-13(8-6-12)24-16(25)14-3-1-2-4-15(14)17(24)26/h1-8H,9-11H2. The molecule has 2 aromatic rings. The molecule has 0 unspecified atom stereocenters. The van der Waals surface area contributed by atoms with Gasteiger partial charge in [0.05, 0.1) is 22.2 Å². The van der Waals surface area contributed by atoms with Gasteiger partial charge in [-0.2, -0.15) is 13.2 Å². The molecule has 132 valence electrons. The molecule has 2 bridgehead atoms. The largest absolute Gasteiger partial charge is 0.394 e. The molecule has 0 atom stereocenters. The highest BCUT2D eigenvalue weighted by atomic mass is 19.4. The lowest BCUT2D eigenvalue weighted by Crippen LogP contribution is -2.70. The van der Waals surface area contributed by atoms with Crippen LogP contribution in [0.5, 0.6) is 0 Å². The fourth-order valence-corrected chi connectivity index (χ4v) is 4.78. The minimum atomic E-state index is -4.13. The second kappa shape index (κ2) is 4.55. The Labute approximate surface area is 147 Å². The third-order valence-electron chi connectivity index (χ3n) is 6.16. The molecule has 0 aromatic heterocycles. The number of carbonyl (C=O) groups excluding carboxylic acids is 2. The summed E-state index contributed by atoms with van der Waals surface area (Å²) in [6, 6.07) is 13.4. The Bertz CT molecular complexity index is 907. The van der Waals surface area contributed by atoms with Gasteiger partial charge in [-0.25, -0.2) is 4.90 Å². The van der Waals surface area contributed by atoms with Gasteiger partial charge in [-0.1, -0.05) is 24.3 Å². The van der Waals surface area contributed by atoms with Gasteiger partial charge in [0, 0.05) is 0 Å². The number of carbonyl (C=O) groups is 2. The van der Waals surface area contributed by atoms with E-state index in [2.05, 4.69) is 0 Å². The maximum Gasteiger partial charge on any atom is 0.394 e. The van der Waals surface area contributed by atoms with E-state index >= 15 is 0 Å². The highest BCUT2D eigenvalue weighted by molar-refractivity contribution is 6.34. The Balaban J connectivity index is 1.40. The Kier molecular flexibility index (Phi) is 2.73. The Morgan fingerprint density at radius 2 is 1.31 bits per heavy atom. The zero-order chi connectivity index (χ0) is 18.3. The molecule has 3 saturated carbocycles. The van der Waals surface area contributed by atoms with Crippen molar-refractivity contribution in [1.29, 1.82) is 0 Å². The lowest BCUT2D eigenvalue weighted by atomic mass is 9.33. The summed E-state index contributed by atoms with van der Waals surface area (Å²) in [4.78, 5) is 26.1. The molecule has 1 aliphatic heterocycles. The van der Waals surface area contributed by atoms with Crippen molar-refractivity contribution in [3.63, 3.8) is 0 Å². The van der Waals surface area contributed by atoms with Crippen LogP contribution in [-0.4, -0.2) is 18.0 Å². The van der Waals surface area contributed by atoms with Gasteiger partial charge in [0.1, 0.15) is 0 Å². The fourth-order valence-electron chi connectivity index (χ4n) is 4.78. The lowest BCUT2D eigenvalue weighted by molar-refractivity contribution is -0.337. The Morgan fingerprint density at radius 3 is 1.77 bits per heavy atom. The third kappa shape index (κ3) is 1.74. The van der Waals surface area contributed by atoms with E-state index in [-0.39, 0.29) is 31.1 Å². The number of nitrogens with zero attached hydrogens (tertiary/aromatic N) is 1. The van der Waals surface area contributed by atoms with E-state index in [9.17, 15) is 22.8 Å². The Hall–Kier alpha value is -2.63. The maximum absolute atomic E-state index is 13.0. The van der Waals surface area contributed by atoms with E-state index in [1.54, 1.807) is 48.5 Å². The molecular formula is C20H14F3NO2. The average Bonchev–Trinajstić information content (AvgIpc) is 2.76. The van der Waals surface area contributed by atoms with Gasteiger partial charge >= 0.3 is 6.18 Å². The Morgan fingerprint density at radius 1 is 0.808 bits per heavy atom. The van der Waals surface area contributed by atoms with E-state index in [4.69, 9.17) is 0 Å². The maximum atomic E-state index is 13.0. The number of rotatable bonds is 2. The second-order valence-electron chi connectivity index (χ2n) is 7.63. The average molecular weight is 357 g/mol. The zero-order valence-electron chi connectivity index (χ0n) is 13.6. The second-order valence-corrected chi connectivity index (χ2v) is 7.63. The van der Waals surface area contributed by atoms with Gasteiger partial charge < -0.3 is 0 Å². The molecule has 3 aliphatic carbocycles. The number of alkyl halides is 3. The van der Waals surface area contributed by atoms with Gasteiger partial charge in [0.2, 0.25) is 0 Å². The molecule has 0 radical (unpaired) electrons. The summed E-state index contributed by atoms with van der Waals surface area (Å²) in [7, 11) is 0. The van der Waals surface area contributed by atoms with Crippen LogP contribution >= 0.6 is 0 Å². The fraction of sp³-hybridized carbons (Fsp3) is 0.300. The molecule has 6 heteroatoms. The quantitative estimate of drug-likeness (QED) is 0.744. The van der Waals surface area contributed by atoms with Gasteiger partial charge in [-0.3, -0.25) is 9.59 Å². The molecule has 26 heavy (non-hydrogen) atoms. The van der Waals surface area contributed by atoms with Crippen molar-refractivity contribution in [2.24, 2.45) is 5.41 Å². The molecule has 1 heterocycles. The third-order valence-corrected chi connectivity index (χ3v) is 6.16. The molecule has 6 rings (SSSR count). The number of hydrogen-bond donors (Lipinski definition) is 0. The van der Waals surface area contributed by atoms with Crippen molar-refractivity contribution >= 4 is 17.5 Å². The van der Waals surface area contributed by atoms with Gasteiger partial charge in [-0.05, 0) is 54.5 Å². The predicted octanol–water partition coefficient (Wildman–Crippen LogP) is 4.47. The van der Waals surface area contributed by atoms with Crippen LogP contribution in [0.15, 0.2) is 48.5 Å². The van der Waals surface area contributed by atoms with E-state index in [0.717, 1.165) is 10.5 Å². The molecule has 0 saturated heterocycles. The van der Waals surface area contributed by atoms with Crippen LogP contribution in [-0.2, 0) is 5.41 Å². The summed E-state index contributed by atoms with van der Waals surface area (Å²) in [6.07, 6.45) is -3.73. The number of amides is 2. The van der Waals surface area contributed by atoms with Crippen molar-refractivity contribution in [2.75, 3.05) is 4.90 Å². The molecule has 2 amide bonds. The first-order valence-corrected chi connectivity index (χ1v) is 8.42. The normalized spacial score (nSPS) is 29.3. The molecular weight excluding hydrogens is 343 g/mol. The number of halogens is 3. The van der Waals surface area contributed by atoms with Crippen LogP contribution < -0.4 is 4.90 Å². The van der Waals surface area contributed by atoms with Crippen molar-refractivity contribution in [3.8, 4) is 0 Å². The van der Waals surface area contributed by atoms with Crippen molar-refractivity contribution in [1.82, 2.24) is 0 Å². The smallest absolute Gasteiger partial charge is 0.268 e. The van der Waals surface area contributed by atoms with Crippen LogP contribution in [0.2, 0.25) is 0 Å². The van der Waals surface area contributed by atoms with Crippen LogP contribution in [0, 0.1) is 5.41 Å². The molecule has 2 aromatic carbocycles. The van der Waals surface area contributed by atoms with E-state index in [1.165, 1.54) is 0 Å². The summed E-state index contributed by atoms with van der Waals surface area (Å²) in [5, 5.41) is 0. The van der Waals surface area contributed by atoms with Crippen LogP contribution in [0.4, 0.5) is 18.9 Å². The van der Waals surface area contributed by atoms with Crippen LogP contribution in [0.25, 0.3) is 0 Å². The number of imide groups is 1. The topological polar surface area (TPSA) is 37.4 Å². The van der Waals surface area contributed by atoms with Crippen molar-refractivity contribution in [3.05, 3.63) is 65.2 Å². The van der Waals surface area contributed by atoms with Crippen LogP contribution in [0.1, 0.15) is 45.5 Å². The van der Waals surface area contributed by atoms with Gasteiger partial charge in [-0.15, -0.1) is 0 Å².